The summed E-state index contributed by atoms with van der Waals surface area (Å²) in [6.45, 7) is 1.43. The molecule has 1 saturated heterocycles. The van der Waals surface area contributed by atoms with E-state index in [4.69, 9.17) is 5.11 Å². The molecule has 0 spiro atoms. The molecule has 16 heavy (non-hydrogen) atoms. The highest BCUT2D eigenvalue weighted by Gasteiger charge is 2.39. The Kier molecular flexibility index (Phi) is 3.14. The van der Waals surface area contributed by atoms with Gasteiger partial charge in [-0.2, -0.15) is 0 Å². The van der Waals surface area contributed by atoms with E-state index in [2.05, 4.69) is 10.6 Å². The summed E-state index contributed by atoms with van der Waals surface area (Å²) in [7, 11) is 0. The lowest BCUT2D eigenvalue weighted by molar-refractivity contribution is -0.139. The van der Waals surface area contributed by atoms with Gasteiger partial charge >= 0.3 is 5.97 Å². The maximum Gasteiger partial charge on any atom is 0.305 e. The quantitative estimate of drug-likeness (QED) is 0.635. The molecule has 1 heterocycles. The Morgan fingerprint density at radius 1 is 1.31 bits per heavy atom. The van der Waals surface area contributed by atoms with E-state index < -0.39 is 11.5 Å². The average molecular weight is 226 g/mol. The van der Waals surface area contributed by atoms with Gasteiger partial charge in [0.2, 0.25) is 5.91 Å². The lowest BCUT2D eigenvalue weighted by Gasteiger charge is -2.33. The van der Waals surface area contributed by atoms with Gasteiger partial charge in [-0.25, -0.2) is 0 Å². The van der Waals surface area contributed by atoms with Gasteiger partial charge in [-0.3, -0.25) is 9.59 Å². The van der Waals surface area contributed by atoms with Gasteiger partial charge in [0.05, 0.1) is 17.9 Å². The van der Waals surface area contributed by atoms with Crippen molar-refractivity contribution < 1.29 is 14.7 Å². The number of carbonyl (C=O) groups excluding carboxylic acids is 1. The van der Waals surface area contributed by atoms with Crippen molar-refractivity contribution in [1.29, 1.82) is 0 Å². The Hall–Kier alpha value is -1.10. The summed E-state index contributed by atoms with van der Waals surface area (Å²) in [6.07, 6.45) is 3.67. The SMILES string of the molecule is O=C(O)CC1(NC(=O)C2CNC2)CCCC1. The molecule has 1 aliphatic heterocycles. The van der Waals surface area contributed by atoms with Crippen LogP contribution < -0.4 is 10.6 Å². The van der Waals surface area contributed by atoms with Crippen molar-refractivity contribution in [3.63, 3.8) is 0 Å². The van der Waals surface area contributed by atoms with Gasteiger partial charge in [0.1, 0.15) is 0 Å². The number of nitrogens with one attached hydrogen (secondary N) is 2. The topological polar surface area (TPSA) is 78.4 Å². The van der Waals surface area contributed by atoms with E-state index in [0.717, 1.165) is 38.8 Å². The van der Waals surface area contributed by atoms with Gasteiger partial charge in [0, 0.05) is 13.1 Å². The summed E-state index contributed by atoms with van der Waals surface area (Å²) in [4.78, 5) is 22.7. The molecule has 5 nitrogen and oxygen atoms in total. The molecule has 0 aromatic heterocycles. The molecule has 1 saturated carbocycles. The van der Waals surface area contributed by atoms with E-state index in [0.29, 0.717) is 0 Å². The Bertz CT molecular complexity index is 294. The van der Waals surface area contributed by atoms with Crippen LogP contribution in [0.2, 0.25) is 0 Å². The second-order valence-electron chi connectivity index (χ2n) is 4.90. The van der Waals surface area contributed by atoms with Gasteiger partial charge in [0.15, 0.2) is 0 Å². The number of hydrogen-bond donors (Lipinski definition) is 3. The maximum absolute atomic E-state index is 11.8. The highest BCUT2D eigenvalue weighted by molar-refractivity contribution is 5.81. The fourth-order valence-electron chi connectivity index (χ4n) is 2.52. The van der Waals surface area contributed by atoms with E-state index in [1.807, 2.05) is 0 Å². The van der Waals surface area contributed by atoms with Crippen LogP contribution in [0.15, 0.2) is 0 Å². The molecule has 0 atom stereocenters. The summed E-state index contributed by atoms with van der Waals surface area (Å²) in [5.41, 5.74) is -0.474. The monoisotopic (exact) mass is 226 g/mol. The molecule has 5 heteroatoms. The van der Waals surface area contributed by atoms with Crippen molar-refractivity contribution >= 4 is 11.9 Å². The standard InChI is InChI=1S/C11H18N2O3/c14-9(15)5-11(3-1-2-4-11)13-10(16)8-6-12-7-8/h8,12H,1-7H2,(H,13,16)(H,14,15). The van der Waals surface area contributed by atoms with Crippen LogP contribution in [-0.2, 0) is 9.59 Å². The number of amides is 1. The molecule has 2 rings (SSSR count). The van der Waals surface area contributed by atoms with Crippen molar-refractivity contribution in [2.45, 2.75) is 37.6 Å². The Morgan fingerprint density at radius 3 is 2.38 bits per heavy atom. The van der Waals surface area contributed by atoms with Crippen LogP contribution in [0.3, 0.4) is 0 Å². The fourth-order valence-corrected chi connectivity index (χ4v) is 2.52. The molecular weight excluding hydrogens is 208 g/mol. The van der Waals surface area contributed by atoms with Crippen LogP contribution in [0.5, 0.6) is 0 Å². The highest BCUT2D eigenvalue weighted by atomic mass is 16.4. The summed E-state index contributed by atoms with van der Waals surface area (Å²) in [5.74, 6) is -0.776. The van der Waals surface area contributed by atoms with E-state index >= 15 is 0 Å². The minimum absolute atomic E-state index is 0.0156. The summed E-state index contributed by atoms with van der Waals surface area (Å²) in [6, 6.07) is 0. The minimum atomic E-state index is -0.825. The lowest BCUT2D eigenvalue weighted by Crippen LogP contribution is -2.56. The molecule has 2 fully saturated rings. The van der Waals surface area contributed by atoms with Crippen molar-refractivity contribution in [1.82, 2.24) is 10.6 Å². The number of carboxylic acid groups (broad SMARTS) is 1. The van der Waals surface area contributed by atoms with Crippen molar-refractivity contribution in [3.05, 3.63) is 0 Å². The third kappa shape index (κ3) is 2.35. The van der Waals surface area contributed by atoms with E-state index in [-0.39, 0.29) is 18.2 Å². The van der Waals surface area contributed by atoms with Gasteiger partial charge in [-0.1, -0.05) is 12.8 Å². The van der Waals surface area contributed by atoms with Crippen LogP contribution in [-0.4, -0.2) is 35.6 Å². The third-order valence-electron chi connectivity index (χ3n) is 3.59. The van der Waals surface area contributed by atoms with Crippen LogP contribution >= 0.6 is 0 Å². The number of carboxylic acids is 1. The van der Waals surface area contributed by atoms with E-state index in [1.165, 1.54) is 0 Å². The molecule has 0 aromatic carbocycles. The van der Waals surface area contributed by atoms with Crippen LogP contribution in [0.25, 0.3) is 0 Å². The van der Waals surface area contributed by atoms with Crippen LogP contribution in [0, 0.1) is 5.92 Å². The first-order valence-corrected chi connectivity index (χ1v) is 5.86. The first kappa shape index (κ1) is 11.4. The van der Waals surface area contributed by atoms with Crippen LogP contribution in [0.1, 0.15) is 32.1 Å². The average Bonchev–Trinajstić information content (AvgIpc) is 2.47. The lowest BCUT2D eigenvalue weighted by atomic mass is 9.91. The molecule has 1 amide bonds. The Morgan fingerprint density at radius 2 is 1.94 bits per heavy atom. The molecule has 0 unspecified atom stereocenters. The van der Waals surface area contributed by atoms with Gasteiger partial charge < -0.3 is 15.7 Å². The molecule has 0 aromatic rings. The number of aliphatic carboxylic acids is 1. The molecule has 0 radical (unpaired) electrons. The second-order valence-corrected chi connectivity index (χ2v) is 4.90. The second kappa shape index (κ2) is 4.41. The smallest absolute Gasteiger partial charge is 0.305 e. The van der Waals surface area contributed by atoms with Gasteiger partial charge in [-0.05, 0) is 12.8 Å². The Labute approximate surface area is 94.6 Å². The van der Waals surface area contributed by atoms with Gasteiger partial charge in [0.25, 0.3) is 0 Å². The Balaban J connectivity index is 1.96. The number of hydrogen-bond acceptors (Lipinski definition) is 3. The molecule has 2 aliphatic rings. The predicted octanol–water partition coefficient (Wildman–Crippen LogP) is 0.109. The van der Waals surface area contributed by atoms with Crippen molar-refractivity contribution in [2.24, 2.45) is 5.92 Å². The largest absolute Gasteiger partial charge is 0.481 e. The van der Waals surface area contributed by atoms with Gasteiger partial charge in [-0.15, -0.1) is 0 Å². The van der Waals surface area contributed by atoms with Crippen molar-refractivity contribution in [2.75, 3.05) is 13.1 Å². The molecule has 90 valence electrons. The molecule has 0 bridgehead atoms. The van der Waals surface area contributed by atoms with Crippen LogP contribution in [0.4, 0.5) is 0 Å². The number of carbonyl (C=O) groups is 2. The highest BCUT2D eigenvalue weighted by Crippen LogP contribution is 2.33. The fraction of sp³-hybridized carbons (Fsp3) is 0.818. The minimum Gasteiger partial charge on any atom is -0.481 e. The molecule has 1 aliphatic carbocycles. The zero-order valence-corrected chi connectivity index (χ0v) is 9.29. The zero-order valence-electron chi connectivity index (χ0n) is 9.29. The predicted molar refractivity (Wildman–Crippen MR) is 58.0 cm³/mol. The number of rotatable bonds is 4. The molecular formula is C11H18N2O3. The third-order valence-corrected chi connectivity index (χ3v) is 3.59. The maximum atomic E-state index is 11.8. The first-order chi connectivity index (χ1) is 7.61. The zero-order chi connectivity index (χ0) is 11.6. The summed E-state index contributed by atoms with van der Waals surface area (Å²) >= 11 is 0. The summed E-state index contributed by atoms with van der Waals surface area (Å²) in [5, 5.41) is 14.9. The normalized spacial score (nSPS) is 23.8. The molecule has 3 N–H and O–H groups in total. The first-order valence-electron chi connectivity index (χ1n) is 5.86. The summed E-state index contributed by atoms with van der Waals surface area (Å²) < 4.78 is 0. The van der Waals surface area contributed by atoms with E-state index in [9.17, 15) is 9.59 Å². The van der Waals surface area contributed by atoms with E-state index in [1.54, 1.807) is 0 Å². The van der Waals surface area contributed by atoms with Crippen molar-refractivity contribution in [3.8, 4) is 0 Å².